The number of carbonyl (C=O) groups excluding carboxylic acids is 1. The van der Waals surface area contributed by atoms with Crippen LogP contribution in [0.4, 0.5) is 0 Å². The lowest BCUT2D eigenvalue weighted by Crippen LogP contribution is -2.47. The molecule has 3 heteroatoms. The smallest absolute Gasteiger partial charge is 0.227 e. The summed E-state index contributed by atoms with van der Waals surface area (Å²) in [6.45, 7) is 6.14. The Kier molecular flexibility index (Phi) is 4.33. The molecule has 1 saturated carbocycles. The van der Waals surface area contributed by atoms with Crippen LogP contribution >= 0.6 is 0 Å². The highest BCUT2D eigenvalue weighted by atomic mass is 16.2. The van der Waals surface area contributed by atoms with Crippen LogP contribution in [0.1, 0.15) is 39.0 Å². The highest BCUT2D eigenvalue weighted by molar-refractivity contribution is 5.83. The highest BCUT2D eigenvalue weighted by Crippen LogP contribution is 2.37. The topological polar surface area (TPSA) is 55.1 Å². The summed E-state index contributed by atoms with van der Waals surface area (Å²) in [6.07, 6.45) is 6.77. The van der Waals surface area contributed by atoms with Gasteiger partial charge in [0.1, 0.15) is 0 Å². The third kappa shape index (κ3) is 2.81. The molecule has 0 spiro atoms. The quantitative estimate of drug-likeness (QED) is 0.677. The van der Waals surface area contributed by atoms with E-state index in [1.165, 1.54) is 0 Å². The molecule has 0 aromatic heterocycles. The Labute approximate surface area is 92.1 Å². The Bertz CT molecular complexity index is 232. The van der Waals surface area contributed by atoms with Gasteiger partial charge in [0.25, 0.3) is 0 Å². The molecule has 1 amide bonds. The summed E-state index contributed by atoms with van der Waals surface area (Å²) in [6, 6.07) is 0.166. The summed E-state index contributed by atoms with van der Waals surface area (Å²) >= 11 is 0. The van der Waals surface area contributed by atoms with E-state index in [-0.39, 0.29) is 17.4 Å². The van der Waals surface area contributed by atoms with Crippen LogP contribution in [0.2, 0.25) is 0 Å². The van der Waals surface area contributed by atoms with Crippen molar-refractivity contribution in [1.82, 2.24) is 5.32 Å². The molecule has 1 rings (SSSR count). The summed E-state index contributed by atoms with van der Waals surface area (Å²) in [5.74, 6) is 0.136. The van der Waals surface area contributed by atoms with E-state index >= 15 is 0 Å². The van der Waals surface area contributed by atoms with Crippen molar-refractivity contribution >= 4 is 5.91 Å². The summed E-state index contributed by atoms with van der Waals surface area (Å²) in [7, 11) is 0. The monoisotopic (exact) mass is 210 g/mol. The fourth-order valence-electron chi connectivity index (χ4n) is 2.26. The van der Waals surface area contributed by atoms with Crippen LogP contribution in [0, 0.1) is 5.41 Å². The zero-order chi connectivity index (χ0) is 11.3. The van der Waals surface area contributed by atoms with Crippen molar-refractivity contribution < 1.29 is 4.79 Å². The molecule has 0 aromatic carbocycles. The number of rotatable bonds is 5. The predicted molar refractivity (Wildman–Crippen MR) is 62.4 cm³/mol. The lowest BCUT2D eigenvalue weighted by Gasteiger charge is -2.27. The average molecular weight is 210 g/mol. The number of amides is 1. The molecule has 1 aliphatic rings. The SMILES string of the molecule is C=CCC(C)NC(=O)C1(CN)CCCC1. The van der Waals surface area contributed by atoms with E-state index in [2.05, 4.69) is 11.9 Å². The van der Waals surface area contributed by atoms with E-state index in [9.17, 15) is 4.79 Å². The van der Waals surface area contributed by atoms with Gasteiger partial charge in [-0.05, 0) is 26.2 Å². The summed E-state index contributed by atoms with van der Waals surface area (Å²) in [5, 5.41) is 3.02. The van der Waals surface area contributed by atoms with Crippen molar-refractivity contribution in [3.63, 3.8) is 0 Å². The highest BCUT2D eigenvalue weighted by Gasteiger charge is 2.39. The standard InChI is InChI=1S/C12H22N2O/c1-3-6-10(2)14-11(15)12(9-13)7-4-5-8-12/h3,10H,1,4-9,13H2,2H3,(H,14,15). The van der Waals surface area contributed by atoms with Gasteiger partial charge in [0.05, 0.1) is 5.41 Å². The number of carbonyl (C=O) groups is 1. The predicted octanol–water partition coefficient (Wildman–Crippen LogP) is 1.59. The number of hydrogen-bond acceptors (Lipinski definition) is 2. The average Bonchev–Trinajstić information content (AvgIpc) is 2.67. The van der Waals surface area contributed by atoms with Crippen molar-refractivity contribution in [2.45, 2.75) is 45.1 Å². The summed E-state index contributed by atoms with van der Waals surface area (Å²) < 4.78 is 0. The van der Waals surface area contributed by atoms with Gasteiger partial charge < -0.3 is 11.1 Å². The van der Waals surface area contributed by atoms with Gasteiger partial charge in [-0.2, -0.15) is 0 Å². The Morgan fingerprint density at radius 3 is 2.67 bits per heavy atom. The molecule has 1 atom stereocenters. The Balaban J connectivity index is 2.53. The maximum Gasteiger partial charge on any atom is 0.227 e. The Morgan fingerprint density at radius 1 is 1.60 bits per heavy atom. The van der Waals surface area contributed by atoms with Crippen molar-refractivity contribution in [2.24, 2.45) is 11.1 Å². The third-order valence-corrected chi connectivity index (χ3v) is 3.33. The molecule has 3 nitrogen and oxygen atoms in total. The van der Waals surface area contributed by atoms with Crippen molar-refractivity contribution in [2.75, 3.05) is 6.54 Å². The molecule has 0 radical (unpaired) electrons. The first-order chi connectivity index (χ1) is 7.14. The van der Waals surface area contributed by atoms with Crippen LogP contribution in [0.5, 0.6) is 0 Å². The molecule has 0 bridgehead atoms. The molecular weight excluding hydrogens is 188 g/mol. The molecular formula is C12H22N2O. The largest absolute Gasteiger partial charge is 0.353 e. The normalized spacial score (nSPS) is 20.9. The molecule has 0 aliphatic heterocycles. The van der Waals surface area contributed by atoms with Crippen LogP contribution in [-0.2, 0) is 4.79 Å². The molecule has 0 saturated heterocycles. The van der Waals surface area contributed by atoms with Crippen LogP contribution < -0.4 is 11.1 Å². The molecule has 1 fully saturated rings. The molecule has 86 valence electrons. The van der Waals surface area contributed by atoms with Crippen LogP contribution in [0.25, 0.3) is 0 Å². The van der Waals surface area contributed by atoms with E-state index in [1.807, 2.05) is 13.0 Å². The van der Waals surface area contributed by atoms with Crippen LogP contribution in [-0.4, -0.2) is 18.5 Å². The fraction of sp³-hybridized carbons (Fsp3) is 0.750. The van der Waals surface area contributed by atoms with E-state index in [1.54, 1.807) is 0 Å². The second-order valence-electron chi connectivity index (χ2n) is 4.59. The minimum atomic E-state index is -0.282. The molecule has 3 N–H and O–H groups in total. The zero-order valence-electron chi connectivity index (χ0n) is 9.59. The number of hydrogen-bond donors (Lipinski definition) is 2. The van der Waals surface area contributed by atoms with Crippen molar-refractivity contribution in [1.29, 1.82) is 0 Å². The minimum Gasteiger partial charge on any atom is -0.353 e. The van der Waals surface area contributed by atoms with Gasteiger partial charge in [-0.1, -0.05) is 18.9 Å². The van der Waals surface area contributed by atoms with Crippen LogP contribution in [0.3, 0.4) is 0 Å². The van der Waals surface area contributed by atoms with Gasteiger partial charge in [0.15, 0.2) is 0 Å². The second kappa shape index (κ2) is 5.31. The first-order valence-electron chi connectivity index (χ1n) is 5.76. The summed E-state index contributed by atoms with van der Waals surface area (Å²) in [4.78, 5) is 12.1. The third-order valence-electron chi connectivity index (χ3n) is 3.33. The molecule has 0 aromatic rings. The van der Waals surface area contributed by atoms with Gasteiger partial charge in [0.2, 0.25) is 5.91 Å². The molecule has 15 heavy (non-hydrogen) atoms. The fourth-order valence-corrected chi connectivity index (χ4v) is 2.26. The Hall–Kier alpha value is -0.830. The zero-order valence-corrected chi connectivity index (χ0v) is 9.59. The van der Waals surface area contributed by atoms with E-state index in [4.69, 9.17) is 5.73 Å². The van der Waals surface area contributed by atoms with Crippen molar-refractivity contribution in [3.8, 4) is 0 Å². The number of nitrogens with two attached hydrogens (primary N) is 1. The van der Waals surface area contributed by atoms with Gasteiger partial charge in [0, 0.05) is 12.6 Å². The molecule has 1 aliphatic carbocycles. The number of nitrogens with one attached hydrogen (secondary N) is 1. The maximum absolute atomic E-state index is 12.1. The lowest BCUT2D eigenvalue weighted by atomic mass is 9.85. The maximum atomic E-state index is 12.1. The first kappa shape index (κ1) is 12.2. The van der Waals surface area contributed by atoms with E-state index in [0.717, 1.165) is 32.1 Å². The van der Waals surface area contributed by atoms with Gasteiger partial charge in [-0.15, -0.1) is 6.58 Å². The first-order valence-corrected chi connectivity index (χ1v) is 5.76. The van der Waals surface area contributed by atoms with Gasteiger partial charge >= 0.3 is 0 Å². The Morgan fingerprint density at radius 2 is 2.20 bits per heavy atom. The molecule has 0 heterocycles. The van der Waals surface area contributed by atoms with Gasteiger partial charge in [-0.25, -0.2) is 0 Å². The van der Waals surface area contributed by atoms with E-state index in [0.29, 0.717) is 6.54 Å². The van der Waals surface area contributed by atoms with Gasteiger partial charge in [-0.3, -0.25) is 4.79 Å². The lowest BCUT2D eigenvalue weighted by molar-refractivity contribution is -0.130. The molecule has 1 unspecified atom stereocenters. The summed E-state index contributed by atoms with van der Waals surface area (Å²) in [5.41, 5.74) is 5.46. The van der Waals surface area contributed by atoms with Crippen molar-refractivity contribution in [3.05, 3.63) is 12.7 Å². The second-order valence-corrected chi connectivity index (χ2v) is 4.59. The minimum absolute atomic E-state index is 0.136. The van der Waals surface area contributed by atoms with E-state index < -0.39 is 0 Å². The van der Waals surface area contributed by atoms with Crippen LogP contribution in [0.15, 0.2) is 12.7 Å².